The summed E-state index contributed by atoms with van der Waals surface area (Å²) < 4.78 is 5.06. The van der Waals surface area contributed by atoms with Crippen LogP contribution < -0.4 is 4.74 Å². The first-order valence-corrected chi connectivity index (χ1v) is 7.56. The zero-order valence-corrected chi connectivity index (χ0v) is 13.9. The quantitative estimate of drug-likeness (QED) is 0.595. The molecule has 1 aromatic carbocycles. The lowest BCUT2D eigenvalue weighted by atomic mass is 9.84. The lowest BCUT2D eigenvalue weighted by Gasteiger charge is -2.25. The maximum absolute atomic E-state index is 11.5. The largest absolute Gasteiger partial charge is 0.427 e. The predicted octanol–water partition coefficient (Wildman–Crippen LogP) is 2.31. The van der Waals surface area contributed by atoms with Gasteiger partial charge in [0.05, 0.1) is 12.7 Å². The minimum Gasteiger partial charge on any atom is -0.427 e. The molecule has 23 heavy (non-hydrogen) atoms. The van der Waals surface area contributed by atoms with Gasteiger partial charge in [-0.2, -0.15) is 0 Å². The Labute approximate surface area is 136 Å². The summed E-state index contributed by atoms with van der Waals surface area (Å²) in [5, 5.41) is 19.4. The molecule has 2 N–H and O–H groups in total. The number of Topliss-reactive ketones (excluding diaryl/α,β-unsaturated/α-hetero) is 1. The zero-order valence-electron chi connectivity index (χ0n) is 13.9. The van der Waals surface area contributed by atoms with Crippen molar-refractivity contribution in [3.05, 3.63) is 35.4 Å². The number of esters is 1. The molecule has 3 atom stereocenters. The van der Waals surface area contributed by atoms with Crippen LogP contribution in [0.2, 0.25) is 0 Å². The molecule has 0 saturated heterocycles. The molecule has 0 heterocycles. The maximum atomic E-state index is 11.5. The summed E-state index contributed by atoms with van der Waals surface area (Å²) in [5.74, 6) is -0.881. The maximum Gasteiger partial charge on any atom is 0.308 e. The highest BCUT2D eigenvalue weighted by Gasteiger charge is 2.26. The Morgan fingerprint density at radius 3 is 2.43 bits per heavy atom. The van der Waals surface area contributed by atoms with Crippen LogP contribution in [0.1, 0.15) is 44.7 Å². The van der Waals surface area contributed by atoms with Crippen molar-refractivity contribution in [2.45, 2.75) is 39.7 Å². The highest BCUT2D eigenvalue weighted by atomic mass is 16.5. The van der Waals surface area contributed by atoms with Crippen molar-refractivity contribution < 1.29 is 24.5 Å². The highest BCUT2D eigenvalue weighted by molar-refractivity contribution is 5.78. The van der Waals surface area contributed by atoms with E-state index in [-0.39, 0.29) is 18.3 Å². The highest BCUT2D eigenvalue weighted by Crippen LogP contribution is 2.30. The number of aliphatic hydroxyl groups excluding tert-OH is 2. The third kappa shape index (κ3) is 5.30. The zero-order chi connectivity index (χ0) is 17.6. The first-order chi connectivity index (χ1) is 10.8. The van der Waals surface area contributed by atoms with Crippen LogP contribution in [0, 0.1) is 5.92 Å². The van der Waals surface area contributed by atoms with Crippen LogP contribution in [-0.4, -0.2) is 34.7 Å². The fourth-order valence-electron chi connectivity index (χ4n) is 2.38. The molecule has 0 amide bonds. The Balaban J connectivity index is 3.19. The van der Waals surface area contributed by atoms with Crippen LogP contribution in [0.15, 0.2) is 24.3 Å². The van der Waals surface area contributed by atoms with E-state index >= 15 is 0 Å². The van der Waals surface area contributed by atoms with Crippen LogP contribution in [0.5, 0.6) is 5.75 Å². The number of benzene rings is 1. The molecule has 1 aromatic rings. The second-order valence-corrected chi connectivity index (χ2v) is 5.65. The van der Waals surface area contributed by atoms with E-state index in [0.717, 1.165) is 11.1 Å². The van der Waals surface area contributed by atoms with Gasteiger partial charge in [-0.25, -0.2) is 0 Å². The molecule has 0 unspecified atom stereocenters. The van der Waals surface area contributed by atoms with Crippen molar-refractivity contribution in [3.8, 4) is 5.75 Å². The molecule has 0 radical (unpaired) electrons. The Hall–Kier alpha value is -1.98. The van der Waals surface area contributed by atoms with Crippen LogP contribution in [-0.2, 0) is 9.59 Å². The van der Waals surface area contributed by atoms with Crippen LogP contribution >= 0.6 is 0 Å². The van der Waals surface area contributed by atoms with Gasteiger partial charge in [0, 0.05) is 18.8 Å². The lowest BCUT2D eigenvalue weighted by Crippen LogP contribution is -2.29. The summed E-state index contributed by atoms with van der Waals surface area (Å²) in [6, 6.07) is 5.08. The van der Waals surface area contributed by atoms with Gasteiger partial charge in [-0.05, 0) is 30.2 Å². The summed E-state index contributed by atoms with van der Waals surface area (Å²) >= 11 is 0. The minimum atomic E-state index is -0.826. The van der Waals surface area contributed by atoms with Gasteiger partial charge in [0.1, 0.15) is 11.5 Å². The summed E-state index contributed by atoms with van der Waals surface area (Å²) in [6.07, 6.45) is 2.43. The van der Waals surface area contributed by atoms with Crippen molar-refractivity contribution in [1.82, 2.24) is 0 Å². The molecule has 0 fully saturated rings. The van der Waals surface area contributed by atoms with Crippen molar-refractivity contribution in [3.63, 3.8) is 0 Å². The molecular weight excluding hydrogens is 296 g/mol. The van der Waals surface area contributed by atoms with Gasteiger partial charge in [0.2, 0.25) is 0 Å². The Bertz CT molecular complexity index is 591. The second-order valence-electron chi connectivity index (χ2n) is 5.65. The van der Waals surface area contributed by atoms with Crippen molar-refractivity contribution in [2.75, 3.05) is 6.61 Å². The summed E-state index contributed by atoms with van der Waals surface area (Å²) in [7, 11) is 0. The van der Waals surface area contributed by atoms with Crippen molar-refractivity contribution >= 4 is 17.8 Å². The van der Waals surface area contributed by atoms with Crippen molar-refractivity contribution in [2.24, 2.45) is 5.92 Å². The van der Waals surface area contributed by atoms with Crippen molar-refractivity contribution in [1.29, 1.82) is 0 Å². The fraction of sp³-hybridized carbons (Fsp3) is 0.444. The molecule has 0 bridgehead atoms. The molecule has 0 aliphatic rings. The molecule has 0 spiro atoms. The molecule has 0 aromatic heterocycles. The number of rotatable bonds is 7. The van der Waals surface area contributed by atoms with E-state index in [4.69, 9.17) is 9.84 Å². The van der Waals surface area contributed by atoms with Crippen LogP contribution in [0.25, 0.3) is 6.08 Å². The number of hydrogen-bond acceptors (Lipinski definition) is 5. The number of ether oxygens (including phenoxy) is 1. The number of carbonyl (C=O) groups is 2. The molecule has 1 rings (SSSR count). The van der Waals surface area contributed by atoms with Gasteiger partial charge in [-0.3, -0.25) is 9.59 Å². The molecule has 0 aliphatic carbocycles. The average Bonchev–Trinajstić information content (AvgIpc) is 2.50. The molecule has 126 valence electrons. The van der Waals surface area contributed by atoms with Gasteiger partial charge >= 0.3 is 5.97 Å². The minimum absolute atomic E-state index is 0.0756. The average molecular weight is 320 g/mol. The van der Waals surface area contributed by atoms with E-state index in [1.807, 2.05) is 6.92 Å². The normalized spacial score (nSPS) is 15.2. The third-order valence-electron chi connectivity index (χ3n) is 3.88. The van der Waals surface area contributed by atoms with Gasteiger partial charge in [-0.15, -0.1) is 0 Å². The fourth-order valence-corrected chi connectivity index (χ4v) is 2.38. The number of hydrogen-bond donors (Lipinski definition) is 2. The number of aliphatic hydroxyl groups is 2. The number of ketones is 1. The standard InChI is InChI=1S/C18H24O5/c1-11(13(3)20)18(22)12(2)17-8-7-16(23-14(4)21)10-15(17)6-5-9-19/h5-8,10-12,18-19,22H,9H2,1-4H3/b6-5+/t11-,12+,18+/m1/s1. The van der Waals surface area contributed by atoms with E-state index in [2.05, 4.69) is 0 Å². The topological polar surface area (TPSA) is 83.8 Å². The van der Waals surface area contributed by atoms with E-state index < -0.39 is 18.0 Å². The van der Waals surface area contributed by atoms with Gasteiger partial charge in [-0.1, -0.05) is 32.1 Å². The van der Waals surface area contributed by atoms with Crippen LogP contribution in [0.3, 0.4) is 0 Å². The summed E-state index contributed by atoms with van der Waals surface area (Å²) in [5.41, 5.74) is 1.53. The molecule has 0 saturated carbocycles. The SMILES string of the molecule is CC(=O)Oc1ccc([C@H](C)[C@@H](O)[C@H](C)C(C)=O)c(/C=C/CO)c1. The third-order valence-corrected chi connectivity index (χ3v) is 3.88. The van der Waals surface area contributed by atoms with E-state index in [0.29, 0.717) is 5.75 Å². The number of carbonyl (C=O) groups excluding carboxylic acids is 2. The second kappa shape index (κ2) is 8.60. The van der Waals surface area contributed by atoms with E-state index in [1.165, 1.54) is 13.8 Å². The monoisotopic (exact) mass is 320 g/mol. The van der Waals surface area contributed by atoms with Crippen LogP contribution in [0.4, 0.5) is 0 Å². The van der Waals surface area contributed by atoms with Gasteiger partial charge in [0.25, 0.3) is 0 Å². The van der Waals surface area contributed by atoms with Gasteiger partial charge in [0.15, 0.2) is 0 Å². The van der Waals surface area contributed by atoms with E-state index in [9.17, 15) is 14.7 Å². The Morgan fingerprint density at radius 1 is 1.26 bits per heavy atom. The van der Waals surface area contributed by atoms with Gasteiger partial charge < -0.3 is 14.9 Å². The molecular formula is C18H24O5. The van der Waals surface area contributed by atoms with E-state index in [1.54, 1.807) is 37.3 Å². The Kier molecular flexibility index (Phi) is 7.13. The molecule has 5 heteroatoms. The predicted molar refractivity (Wildman–Crippen MR) is 88.1 cm³/mol. The smallest absolute Gasteiger partial charge is 0.308 e. The Morgan fingerprint density at radius 2 is 1.91 bits per heavy atom. The first kappa shape index (κ1) is 19.1. The lowest BCUT2D eigenvalue weighted by molar-refractivity contribution is -0.132. The summed E-state index contributed by atoms with van der Waals surface area (Å²) in [4.78, 5) is 22.6. The molecule has 0 aliphatic heterocycles. The first-order valence-electron chi connectivity index (χ1n) is 7.56. The molecule has 5 nitrogen and oxygen atoms in total. The summed E-state index contributed by atoms with van der Waals surface area (Å²) in [6.45, 7) is 6.17.